The molecule has 164 valence electrons. The average molecular weight is 451 g/mol. The summed E-state index contributed by atoms with van der Waals surface area (Å²) in [5.41, 5.74) is 2.05. The Morgan fingerprint density at radius 2 is 1.94 bits per heavy atom. The highest BCUT2D eigenvalue weighted by molar-refractivity contribution is 6.31. The van der Waals surface area contributed by atoms with E-state index in [0.717, 1.165) is 11.1 Å². The predicted octanol–water partition coefficient (Wildman–Crippen LogP) is 3.92. The zero-order valence-corrected chi connectivity index (χ0v) is 18.4. The van der Waals surface area contributed by atoms with Crippen LogP contribution >= 0.6 is 11.6 Å². The first kappa shape index (κ1) is 21.8. The Hall–Kier alpha value is -3.45. The molecule has 1 aromatic heterocycles. The zero-order valence-electron chi connectivity index (χ0n) is 17.6. The van der Waals surface area contributed by atoms with Crippen molar-refractivity contribution in [3.8, 4) is 0 Å². The van der Waals surface area contributed by atoms with Crippen molar-refractivity contribution >= 4 is 35.0 Å². The average Bonchev–Trinajstić information content (AvgIpc) is 3.25. The first-order valence-corrected chi connectivity index (χ1v) is 10.8. The quantitative estimate of drug-likeness (QED) is 0.556. The lowest BCUT2D eigenvalue weighted by atomic mass is 9.72. The van der Waals surface area contributed by atoms with Crippen molar-refractivity contribution in [1.82, 2.24) is 15.1 Å². The molecule has 0 radical (unpaired) electrons. The third-order valence-corrected chi connectivity index (χ3v) is 6.32. The molecule has 2 aromatic carbocycles. The standard InChI is InChI=1S/C24H23ClN4O3/c1-2-24(12-11-21(30)28-23(24)32)18-7-9-19(10-8-18)27-22(31)17-13-26-29(15-17)14-16-5-3-4-6-20(16)25/h3-10,13,15H,2,11-12,14H2,1H3,(H,27,31)(H,28,30,32). The second-order valence-electron chi connectivity index (χ2n) is 7.86. The molecule has 32 heavy (non-hydrogen) atoms. The van der Waals surface area contributed by atoms with Crippen LogP contribution in [0.25, 0.3) is 0 Å². The number of carbonyl (C=O) groups is 3. The maximum atomic E-state index is 12.6. The van der Waals surface area contributed by atoms with Crippen LogP contribution in [-0.4, -0.2) is 27.5 Å². The van der Waals surface area contributed by atoms with Crippen LogP contribution in [0, 0.1) is 0 Å². The van der Waals surface area contributed by atoms with Gasteiger partial charge in [-0.2, -0.15) is 5.10 Å². The maximum absolute atomic E-state index is 12.6. The van der Waals surface area contributed by atoms with Gasteiger partial charge in [-0.1, -0.05) is 48.9 Å². The predicted molar refractivity (Wildman–Crippen MR) is 122 cm³/mol. The van der Waals surface area contributed by atoms with Crippen LogP contribution < -0.4 is 10.6 Å². The SMILES string of the molecule is CCC1(c2ccc(NC(=O)c3cnn(Cc4ccccc4Cl)c3)cc2)CCC(=O)NC1=O. The number of nitrogens with one attached hydrogen (secondary N) is 2. The van der Waals surface area contributed by atoms with E-state index in [9.17, 15) is 14.4 Å². The molecule has 4 rings (SSSR count). The number of carbonyl (C=O) groups excluding carboxylic acids is 3. The molecular formula is C24H23ClN4O3. The second kappa shape index (κ2) is 8.96. The fraction of sp³-hybridized carbons (Fsp3) is 0.250. The van der Waals surface area contributed by atoms with Crippen LogP contribution in [0.4, 0.5) is 5.69 Å². The van der Waals surface area contributed by atoms with E-state index in [2.05, 4.69) is 15.7 Å². The van der Waals surface area contributed by atoms with Crippen LogP contribution in [0.2, 0.25) is 5.02 Å². The minimum absolute atomic E-state index is 0.238. The lowest BCUT2D eigenvalue weighted by Crippen LogP contribution is -2.51. The number of imide groups is 1. The minimum Gasteiger partial charge on any atom is -0.322 e. The van der Waals surface area contributed by atoms with Gasteiger partial charge in [0, 0.05) is 23.3 Å². The third kappa shape index (κ3) is 4.29. The van der Waals surface area contributed by atoms with E-state index in [1.165, 1.54) is 6.20 Å². The van der Waals surface area contributed by atoms with Crippen molar-refractivity contribution in [3.05, 3.63) is 82.6 Å². The molecule has 0 bridgehead atoms. The van der Waals surface area contributed by atoms with Gasteiger partial charge in [-0.3, -0.25) is 24.4 Å². The number of anilines is 1. The molecule has 1 aliphatic rings. The van der Waals surface area contributed by atoms with E-state index in [0.29, 0.717) is 42.1 Å². The number of halogens is 1. The molecule has 3 amide bonds. The Balaban J connectivity index is 1.44. The molecule has 3 aromatic rings. The number of rotatable bonds is 6. The van der Waals surface area contributed by atoms with E-state index in [4.69, 9.17) is 11.6 Å². The van der Waals surface area contributed by atoms with Gasteiger partial charge in [0.1, 0.15) is 0 Å². The van der Waals surface area contributed by atoms with E-state index in [1.807, 2.05) is 43.3 Å². The number of hydrogen-bond donors (Lipinski definition) is 2. The molecular weight excluding hydrogens is 428 g/mol. The van der Waals surface area contributed by atoms with Crippen LogP contribution in [0.15, 0.2) is 60.9 Å². The normalized spacial score (nSPS) is 18.3. The van der Waals surface area contributed by atoms with Gasteiger partial charge in [-0.25, -0.2) is 0 Å². The summed E-state index contributed by atoms with van der Waals surface area (Å²) in [4.78, 5) is 36.7. The highest BCUT2D eigenvalue weighted by Crippen LogP contribution is 2.36. The van der Waals surface area contributed by atoms with Crippen LogP contribution in [0.1, 0.15) is 47.7 Å². The highest BCUT2D eigenvalue weighted by Gasteiger charge is 2.42. The van der Waals surface area contributed by atoms with Crippen molar-refractivity contribution in [2.45, 2.75) is 38.1 Å². The maximum Gasteiger partial charge on any atom is 0.258 e. The molecule has 1 unspecified atom stereocenters. The fourth-order valence-corrected chi connectivity index (χ4v) is 4.21. The summed E-state index contributed by atoms with van der Waals surface area (Å²) in [5.74, 6) is -0.786. The smallest absolute Gasteiger partial charge is 0.258 e. The summed E-state index contributed by atoms with van der Waals surface area (Å²) in [6.45, 7) is 2.40. The van der Waals surface area contributed by atoms with Gasteiger partial charge in [0.05, 0.1) is 23.7 Å². The molecule has 1 fully saturated rings. The largest absolute Gasteiger partial charge is 0.322 e. The zero-order chi connectivity index (χ0) is 22.7. The number of benzene rings is 2. The molecule has 1 atom stereocenters. The molecule has 1 aliphatic heterocycles. The molecule has 1 saturated heterocycles. The molecule has 0 spiro atoms. The Bertz CT molecular complexity index is 1170. The van der Waals surface area contributed by atoms with Crippen LogP contribution in [0.5, 0.6) is 0 Å². The second-order valence-corrected chi connectivity index (χ2v) is 8.27. The first-order valence-electron chi connectivity index (χ1n) is 10.4. The number of nitrogens with zero attached hydrogens (tertiary/aromatic N) is 2. The van der Waals surface area contributed by atoms with Gasteiger partial charge in [-0.15, -0.1) is 0 Å². The van der Waals surface area contributed by atoms with E-state index in [1.54, 1.807) is 23.0 Å². The first-order chi connectivity index (χ1) is 15.4. The van der Waals surface area contributed by atoms with Gasteiger partial charge in [0.15, 0.2) is 0 Å². The van der Waals surface area contributed by atoms with Crippen molar-refractivity contribution in [1.29, 1.82) is 0 Å². The Morgan fingerprint density at radius 3 is 2.62 bits per heavy atom. The molecule has 0 aliphatic carbocycles. The van der Waals surface area contributed by atoms with Gasteiger partial charge >= 0.3 is 0 Å². The van der Waals surface area contributed by atoms with Gasteiger partial charge < -0.3 is 5.32 Å². The van der Waals surface area contributed by atoms with Crippen LogP contribution in [-0.2, 0) is 21.5 Å². The van der Waals surface area contributed by atoms with E-state index in [-0.39, 0.29) is 17.7 Å². The molecule has 8 heteroatoms. The third-order valence-electron chi connectivity index (χ3n) is 5.95. The van der Waals surface area contributed by atoms with Gasteiger partial charge in [-0.05, 0) is 42.2 Å². The van der Waals surface area contributed by atoms with E-state index >= 15 is 0 Å². The number of amides is 3. The van der Waals surface area contributed by atoms with Crippen molar-refractivity contribution < 1.29 is 14.4 Å². The summed E-state index contributed by atoms with van der Waals surface area (Å²) in [7, 11) is 0. The number of piperidine rings is 1. The summed E-state index contributed by atoms with van der Waals surface area (Å²) in [6.07, 6.45) is 4.56. The topological polar surface area (TPSA) is 93.1 Å². The Kier molecular flexibility index (Phi) is 6.10. The lowest BCUT2D eigenvalue weighted by molar-refractivity contribution is -0.138. The highest BCUT2D eigenvalue weighted by atomic mass is 35.5. The fourth-order valence-electron chi connectivity index (χ4n) is 4.01. The summed E-state index contributed by atoms with van der Waals surface area (Å²) < 4.78 is 1.66. The molecule has 0 saturated carbocycles. The summed E-state index contributed by atoms with van der Waals surface area (Å²) >= 11 is 6.19. The monoisotopic (exact) mass is 450 g/mol. The van der Waals surface area contributed by atoms with Crippen molar-refractivity contribution in [2.75, 3.05) is 5.32 Å². The Morgan fingerprint density at radius 1 is 1.19 bits per heavy atom. The number of aromatic nitrogens is 2. The van der Waals surface area contributed by atoms with Crippen molar-refractivity contribution in [3.63, 3.8) is 0 Å². The van der Waals surface area contributed by atoms with E-state index < -0.39 is 5.41 Å². The van der Waals surface area contributed by atoms with Crippen molar-refractivity contribution in [2.24, 2.45) is 0 Å². The molecule has 7 nitrogen and oxygen atoms in total. The van der Waals surface area contributed by atoms with Gasteiger partial charge in [0.2, 0.25) is 11.8 Å². The molecule has 2 N–H and O–H groups in total. The lowest BCUT2D eigenvalue weighted by Gasteiger charge is -2.35. The summed E-state index contributed by atoms with van der Waals surface area (Å²) in [6, 6.07) is 14.7. The summed E-state index contributed by atoms with van der Waals surface area (Å²) in [5, 5.41) is 10.2. The van der Waals surface area contributed by atoms with Gasteiger partial charge in [0.25, 0.3) is 5.91 Å². The minimum atomic E-state index is -0.726. The Labute approximate surface area is 190 Å². The number of hydrogen-bond acceptors (Lipinski definition) is 4. The van der Waals surface area contributed by atoms with Crippen LogP contribution in [0.3, 0.4) is 0 Å². The molecule has 2 heterocycles.